The van der Waals surface area contributed by atoms with Gasteiger partial charge in [0, 0.05) is 43.5 Å². The van der Waals surface area contributed by atoms with Crippen LogP contribution in [-0.4, -0.2) is 64.0 Å². The van der Waals surface area contributed by atoms with E-state index in [9.17, 15) is 0 Å². The molecule has 0 unspecified atom stereocenters. The van der Waals surface area contributed by atoms with Gasteiger partial charge in [0.15, 0.2) is 5.82 Å². The molecule has 0 radical (unpaired) electrons. The van der Waals surface area contributed by atoms with E-state index >= 15 is 0 Å². The van der Waals surface area contributed by atoms with E-state index in [1.807, 2.05) is 10.7 Å². The summed E-state index contributed by atoms with van der Waals surface area (Å²) < 4.78 is 7.81. The zero-order valence-corrected chi connectivity index (χ0v) is 18.9. The van der Waals surface area contributed by atoms with E-state index in [0.717, 1.165) is 69.4 Å². The maximum atomic E-state index is 6.25. The molecule has 4 rings (SSSR count). The number of nitrogens with zero attached hydrogens (tertiary/aromatic N) is 6. The lowest BCUT2D eigenvalue weighted by Crippen LogP contribution is -2.48. The molecule has 7 nitrogen and oxygen atoms in total. The first kappa shape index (κ1) is 21.5. The van der Waals surface area contributed by atoms with Crippen molar-refractivity contribution in [1.82, 2.24) is 25.1 Å². The number of hydrogen-bond acceptors (Lipinski definition) is 6. The van der Waals surface area contributed by atoms with E-state index in [1.165, 1.54) is 24.1 Å². The van der Waals surface area contributed by atoms with Crippen molar-refractivity contribution in [2.24, 2.45) is 0 Å². The normalized spacial score (nSPS) is 21.3. The van der Waals surface area contributed by atoms with Crippen LogP contribution in [0, 0.1) is 6.92 Å². The van der Waals surface area contributed by atoms with Gasteiger partial charge in [-0.05, 0) is 54.3 Å². The van der Waals surface area contributed by atoms with Crippen molar-refractivity contribution >= 4 is 17.3 Å². The molecule has 2 aliphatic heterocycles. The molecule has 0 amide bonds. The number of ether oxygens (including phenoxy) is 1. The summed E-state index contributed by atoms with van der Waals surface area (Å²) in [7, 11) is 0. The Morgan fingerprint density at radius 3 is 2.80 bits per heavy atom. The molecule has 2 saturated heterocycles. The molecular weight excluding hydrogens is 400 g/mol. The standard InChI is InChI=1S/C22H33ClN6O/c1-3-4-7-20(22-24-25-26-29(22)16-19-6-5-14-30-19)27-10-12-28(13-11-27)21-15-18(23)9-8-17(21)2/h8-9,15,19-20H,3-7,10-14,16H2,1-2H3/t19-,20+/m1/s1. The fraction of sp³-hybridized carbons (Fsp3) is 0.682. The Morgan fingerprint density at radius 1 is 1.23 bits per heavy atom. The number of benzene rings is 1. The van der Waals surface area contributed by atoms with Gasteiger partial charge < -0.3 is 9.64 Å². The Labute approximate surface area is 184 Å². The van der Waals surface area contributed by atoms with Gasteiger partial charge in [0.05, 0.1) is 18.7 Å². The Kier molecular flexibility index (Phi) is 7.23. The molecule has 1 aromatic heterocycles. The highest BCUT2D eigenvalue weighted by atomic mass is 35.5. The van der Waals surface area contributed by atoms with Crippen LogP contribution in [0.5, 0.6) is 0 Å². The minimum Gasteiger partial charge on any atom is -0.376 e. The van der Waals surface area contributed by atoms with Crippen molar-refractivity contribution in [3.05, 3.63) is 34.6 Å². The van der Waals surface area contributed by atoms with Crippen LogP contribution in [-0.2, 0) is 11.3 Å². The van der Waals surface area contributed by atoms with Gasteiger partial charge in [-0.1, -0.05) is 37.4 Å². The molecule has 0 saturated carbocycles. The van der Waals surface area contributed by atoms with Crippen LogP contribution < -0.4 is 4.90 Å². The molecule has 164 valence electrons. The molecule has 0 bridgehead atoms. The van der Waals surface area contributed by atoms with E-state index in [4.69, 9.17) is 16.3 Å². The van der Waals surface area contributed by atoms with E-state index in [1.54, 1.807) is 0 Å². The van der Waals surface area contributed by atoms with Crippen LogP contribution in [0.1, 0.15) is 56.5 Å². The molecule has 3 heterocycles. The molecule has 1 aromatic carbocycles. The van der Waals surface area contributed by atoms with Crippen LogP contribution >= 0.6 is 11.6 Å². The number of aryl methyl sites for hydroxylation is 1. The lowest BCUT2D eigenvalue weighted by atomic mass is 10.1. The average molecular weight is 433 g/mol. The molecule has 0 spiro atoms. The van der Waals surface area contributed by atoms with E-state index in [0.29, 0.717) is 0 Å². The number of rotatable bonds is 8. The summed E-state index contributed by atoms with van der Waals surface area (Å²) >= 11 is 6.25. The SMILES string of the molecule is CCCC[C@@H](c1nnnn1C[C@H]1CCCO1)N1CCN(c2cc(Cl)ccc2C)CC1. The minimum absolute atomic E-state index is 0.238. The van der Waals surface area contributed by atoms with Gasteiger partial charge in [0.25, 0.3) is 0 Å². The fourth-order valence-corrected chi connectivity index (χ4v) is 4.80. The monoisotopic (exact) mass is 432 g/mol. The first-order valence-corrected chi connectivity index (χ1v) is 11.7. The second kappa shape index (κ2) is 10.1. The lowest BCUT2D eigenvalue weighted by molar-refractivity contribution is 0.0890. The van der Waals surface area contributed by atoms with Crippen LogP contribution in [0.15, 0.2) is 18.2 Å². The highest BCUT2D eigenvalue weighted by Crippen LogP contribution is 2.30. The summed E-state index contributed by atoms with van der Waals surface area (Å²) in [6.07, 6.45) is 5.89. The average Bonchev–Trinajstić information content (AvgIpc) is 3.44. The Balaban J connectivity index is 1.46. The number of anilines is 1. The number of halogens is 1. The topological polar surface area (TPSA) is 59.3 Å². The summed E-state index contributed by atoms with van der Waals surface area (Å²) in [5.74, 6) is 0.992. The number of aromatic nitrogens is 4. The third kappa shape index (κ3) is 4.95. The van der Waals surface area contributed by atoms with Gasteiger partial charge in [0.1, 0.15) is 0 Å². The zero-order chi connectivity index (χ0) is 20.9. The van der Waals surface area contributed by atoms with Crippen LogP contribution in [0.25, 0.3) is 0 Å². The summed E-state index contributed by atoms with van der Waals surface area (Å²) in [5, 5.41) is 13.6. The minimum atomic E-state index is 0.238. The highest BCUT2D eigenvalue weighted by Gasteiger charge is 2.30. The van der Waals surface area contributed by atoms with Crippen LogP contribution in [0.2, 0.25) is 5.02 Å². The van der Waals surface area contributed by atoms with Crippen LogP contribution in [0.3, 0.4) is 0 Å². The second-order valence-electron chi connectivity index (χ2n) is 8.47. The quantitative estimate of drug-likeness (QED) is 0.631. The smallest absolute Gasteiger partial charge is 0.168 e. The molecule has 2 fully saturated rings. The van der Waals surface area contributed by atoms with Crippen molar-refractivity contribution in [2.45, 2.75) is 64.6 Å². The first-order valence-electron chi connectivity index (χ1n) is 11.3. The number of piperazine rings is 1. The third-order valence-corrected chi connectivity index (χ3v) is 6.59. The van der Waals surface area contributed by atoms with Gasteiger partial charge >= 0.3 is 0 Å². The van der Waals surface area contributed by atoms with E-state index in [-0.39, 0.29) is 12.1 Å². The molecule has 30 heavy (non-hydrogen) atoms. The van der Waals surface area contributed by atoms with Crippen molar-refractivity contribution in [2.75, 3.05) is 37.7 Å². The first-order chi connectivity index (χ1) is 14.7. The second-order valence-corrected chi connectivity index (χ2v) is 8.90. The predicted octanol–water partition coefficient (Wildman–Crippen LogP) is 3.87. The van der Waals surface area contributed by atoms with Gasteiger partial charge in [0.2, 0.25) is 0 Å². The van der Waals surface area contributed by atoms with Crippen molar-refractivity contribution in [3.8, 4) is 0 Å². The zero-order valence-electron chi connectivity index (χ0n) is 18.1. The van der Waals surface area contributed by atoms with Gasteiger partial charge in [-0.3, -0.25) is 4.90 Å². The van der Waals surface area contributed by atoms with Crippen molar-refractivity contribution in [1.29, 1.82) is 0 Å². The maximum absolute atomic E-state index is 6.25. The Hall–Kier alpha value is -1.70. The molecule has 2 aromatic rings. The third-order valence-electron chi connectivity index (χ3n) is 6.36. The lowest BCUT2D eigenvalue weighted by Gasteiger charge is -2.40. The van der Waals surface area contributed by atoms with Gasteiger partial charge in [-0.25, -0.2) is 4.68 Å². The van der Waals surface area contributed by atoms with E-state index < -0.39 is 0 Å². The number of unbranched alkanes of at least 4 members (excludes halogenated alkanes) is 1. The number of tetrazole rings is 1. The van der Waals surface area contributed by atoms with Crippen molar-refractivity contribution in [3.63, 3.8) is 0 Å². The van der Waals surface area contributed by atoms with E-state index in [2.05, 4.69) is 51.3 Å². The highest BCUT2D eigenvalue weighted by molar-refractivity contribution is 6.30. The Bertz CT molecular complexity index is 814. The molecule has 2 aliphatic rings. The molecule has 2 atom stereocenters. The summed E-state index contributed by atoms with van der Waals surface area (Å²) in [4.78, 5) is 5.01. The summed E-state index contributed by atoms with van der Waals surface area (Å²) in [6, 6.07) is 6.41. The molecule has 8 heteroatoms. The molecule has 0 aliphatic carbocycles. The fourth-order valence-electron chi connectivity index (χ4n) is 4.63. The van der Waals surface area contributed by atoms with Gasteiger partial charge in [-0.2, -0.15) is 0 Å². The summed E-state index contributed by atoms with van der Waals surface area (Å²) in [6.45, 7) is 9.96. The van der Waals surface area contributed by atoms with Gasteiger partial charge in [-0.15, -0.1) is 5.10 Å². The van der Waals surface area contributed by atoms with Crippen LogP contribution in [0.4, 0.5) is 5.69 Å². The Morgan fingerprint density at radius 2 is 2.07 bits per heavy atom. The maximum Gasteiger partial charge on any atom is 0.168 e. The molecular formula is C22H33ClN6O. The summed E-state index contributed by atoms with van der Waals surface area (Å²) in [5.41, 5.74) is 2.52. The van der Waals surface area contributed by atoms with Crippen molar-refractivity contribution < 1.29 is 4.74 Å². The number of hydrogen-bond donors (Lipinski definition) is 0. The molecule has 0 N–H and O–H groups in total. The predicted molar refractivity (Wildman–Crippen MR) is 119 cm³/mol. The largest absolute Gasteiger partial charge is 0.376 e.